The van der Waals surface area contributed by atoms with Crippen LogP contribution in [-0.2, 0) is 17.9 Å². The van der Waals surface area contributed by atoms with Gasteiger partial charge in [-0.3, -0.25) is 4.79 Å². The highest BCUT2D eigenvalue weighted by Crippen LogP contribution is 2.31. The van der Waals surface area contributed by atoms with Crippen LogP contribution in [0.4, 0.5) is 0 Å². The molecule has 1 N–H and O–H groups in total. The third kappa shape index (κ3) is 3.66. The van der Waals surface area contributed by atoms with Crippen LogP contribution in [0.25, 0.3) is 0 Å². The quantitative estimate of drug-likeness (QED) is 0.611. The number of nitrogens with one attached hydrogen (secondary N) is 1. The first-order chi connectivity index (χ1) is 15.1. The number of hydrogen-bond donors (Lipinski definition) is 1. The second-order valence-corrected chi connectivity index (χ2v) is 8.07. The normalized spacial score (nSPS) is 20.6. The molecule has 0 unspecified atom stereocenters. The summed E-state index contributed by atoms with van der Waals surface area (Å²) in [6, 6.07) is 15.4. The summed E-state index contributed by atoms with van der Waals surface area (Å²) in [5.74, 6) is 1.29. The van der Waals surface area contributed by atoms with Gasteiger partial charge < -0.3 is 19.5 Å². The van der Waals surface area contributed by atoms with E-state index in [1.807, 2.05) is 47.5 Å². The van der Waals surface area contributed by atoms with Gasteiger partial charge in [-0.2, -0.15) is 5.26 Å². The molecule has 0 radical (unpaired) electrons. The van der Waals surface area contributed by atoms with Crippen molar-refractivity contribution in [1.82, 2.24) is 19.8 Å². The van der Waals surface area contributed by atoms with Crippen molar-refractivity contribution in [1.29, 1.82) is 5.26 Å². The predicted octanol–water partition coefficient (Wildman–Crippen LogP) is 3.36. The Hall–Kier alpha value is -3.63. The van der Waals surface area contributed by atoms with E-state index in [-0.39, 0.29) is 18.0 Å². The van der Waals surface area contributed by atoms with Crippen LogP contribution < -0.4 is 10.1 Å². The van der Waals surface area contributed by atoms with Crippen LogP contribution in [0.5, 0.6) is 11.5 Å². The van der Waals surface area contributed by atoms with E-state index in [1.54, 1.807) is 12.4 Å². The number of carbonyl (C=O) groups is 1. The molecule has 0 saturated carbocycles. The van der Waals surface area contributed by atoms with E-state index in [0.717, 1.165) is 29.8 Å². The van der Waals surface area contributed by atoms with E-state index < -0.39 is 0 Å². The fourth-order valence-corrected chi connectivity index (χ4v) is 4.32. The molecule has 0 spiro atoms. The first-order valence-corrected chi connectivity index (χ1v) is 10.5. The maximum atomic E-state index is 12.9. The molecule has 31 heavy (non-hydrogen) atoms. The van der Waals surface area contributed by atoms with Crippen molar-refractivity contribution in [2.75, 3.05) is 6.54 Å². The molecule has 3 aromatic rings. The molecular formula is C24H23N5O2. The minimum atomic E-state index is -0.187. The number of imidazole rings is 1. The van der Waals surface area contributed by atoms with Gasteiger partial charge in [0.25, 0.3) is 0 Å². The van der Waals surface area contributed by atoms with E-state index in [0.29, 0.717) is 30.2 Å². The Kier molecular flexibility index (Phi) is 4.92. The number of hydrogen-bond acceptors (Lipinski definition) is 5. The maximum Gasteiger partial charge on any atom is 0.240 e. The number of aromatic nitrogens is 2. The van der Waals surface area contributed by atoms with Crippen LogP contribution in [-0.4, -0.2) is 32.9 Å². The second kappa shape index (κ2) is 7.89. The monoisotopic (exact) mass is 413 g/mol. The Morgan fingerprint density at radius 3 is 3.03 bits per heavy atom. The van der Waals surface area contributed by atoms with Crippen LogP contribution in [0.2, 0.25) is 0 Å². The minimum absolute atomic E-state index is 0.00980. The number of ether oxygens (including phenoxy) is 1. The highest BCUT2D eigenvalue weighted by Gasteiger charge is 2.31. The largest absolute Gasteiger partial charge is 0.456 e. The lowest BCUT2D eigenvalue weighted by atomic mass is 10.0. The number of nitriles is 1. The number of benzene rings is 2. The zero-order valence-electron chi connectivity index (χ0n) is 17.3. The Balaban J connectivity index is 1.59. The van der Waals surface area contributed by atoms with Gasteiger partial charge in [0.05, 0.1) is 29.7 Å². The van der Waals surface area contributed by atoms with Gasteiger partial charge in [0.2, 0.25) is 5.91 Å². The van der Waals surface area contributed by atoms with Gasteiger partial charge in [-0.15, -0.1) is 0 Å². The second-order valence-electron chi connectivity index (χ2n) is 8.07. The number of nitrogens with zero attached hydrogens (tertiary/aromatic N) is 4. The molecule has 1 amide bonds. The van der Waals surface area contributed by atoms with Crippen molar-refractivity contribution in [3.63, 3.8) is 0 Å². The van der Waals surface area contributed by atoms with Gasteiger partial charge in [-0.25, -0.2) is 4.98 Å². The molecule has 1 saturated heterocycles. The van der Waals surface area contributed by atoms with Gasteiger partial charge in [-0.1, -0.05) is 18.2 Å². The Morgan fingerprint density at radius 1 is 1.26 bits per heavy atom. The van der Waals surface area contributed by atoms with Crippen molar-refractivity contribution >= 4 is 5.91 Å². The summed E-state index contributed by atoms with van der Waals surface area (Å²) in [6.07, 6.45) is 4.41. The van der Waals surface area contributed by atoms with Crippen molar-refractivity contribution in [2.45, 2.75) is 38.5 Å². The number of rotatable bonds is 0. The number of fused-ring (bicyclic) bond motifs is 7. The molecule has 3 heterocycles. The number of amides is 1. The molecule has 7 nitrogen and oxygen atoms in total. The van der Waals surface area contributed by atoms with Gasteiger partial charge in [0.1, 0.15) is 17.6 Å². The van der Waals surface area contributed by atoms with Crippen LogP contribution in [0.1, 0.15) is 41.8 Å². The summed E-state index contributed by atoms with van der Waals surface area (Å²) >= 11 is 0. The lowest BCUT2D eigenvalue weighted by Crippen LogP contribution is -2.38. The highest BCUT2D eigenvalue weighted by atomic mass is 16.5. The van der Waals surface area contributed by atoms with Crippen molar-refractivity contribution < 1.29 is 9.53 Å². The molecule has 1 aromatic heterocycles. The molecular weight excluding hydrogens is 390 g/mol. The summed E-state index contributed by atoms with van der Waals surface area (Å²) in [5.41, 5.74) is 3.50. The van der Waals surface area contributed by atoms with Crippen molar-refractivity contribution in [3.05, 3.63) is 77.4 Å². The summed E-state index contributed by atoms with van der Waals surface area (Å²) in [4.78, 5) is 19.1. The number of carbonyl (C=O) groups excluding carboxylic acids is 1. The average molecular weight is 413 g/mol. The van der Waals surface area contributed by atoms with Crippen LogP contribution in [0, 0.1) is 11.3 Å². The van der Waals surface area contributed by atoms with Gasteiger partial charge in [0.15, 0.2) is 0 Å². The SMILES string of the molecule is C[C@@H]1c2ccc(C#N)c(c2)Oc2cccc(c2)CN2CC[C@@H](NCc3cncn31)C2=O. The standard InChI is InChI=1S/C24H23N5O2/c1-16-18-5-6-19(11-25)23(10-18)31-21-4-2-3-17(9-21)14-28-8-7-22(24(28)30)27-13-20-12-26-15-29(16)20/h2-6,9-10,12,15-16,22,27H,7-8,13-14H2,1H3/t16-,22-/m1/s1. The summed E-state index contributed by atoms with van der Waals surface area (Å²) in [5, 5.41) is 13.0. The zero-order chi connectivity index (χ0) is 21.4. The molecule has 1 fully saturated rings. The van der Waals surface area contributed by atoms with E-state index in [1.165, 1.54) is 0 Å². The van der Waals surface area contributed by atoms with E-state index in [2.05, 4.69) is 27.9 Å². The topological polar surface area (TPSA) is 83.2 Å². The third-order valence-corrected chi connectivity index (χ3v) is 6.10. The zero-order valence-corrected chi connectivity index (χ0v) is 17.3. The third-order valence-electron chi connectivity index (χ3n) is 6.10. The lowest BCUT2D eigenvalue weighted by Gasteiger charge is -2.21. The minimum Gasteiger partial charge on any atom is -0.456 e. The van der Waals surface area contributed by atoms with E-state index in [4.69, 9.17) is 4.74 Å². The van der Waals surface area contributed by atoms with Gasteiger partial charge in [0, 0.05) is 25.8 Å². The Labute approximate surface area is 180 Å². The summed E-state index contributed by atoms with van der Waals surface area (Å²) in [7, 11) is 0. The molecule has 5 rings (SSSR count). The maximum absolute atomic E-state index is 12.9. The fraction of sp³-hybridized carbons (Fsp3) is 0.292. The fourth-order valence-electron chi connectivity index (χ4n) is 4.32. The Morgan fingerprint density at radius 2 is 2.16 bits per heavy atom. The lowest BCUT2D eigenvalue weighted by molar-refractivity contribution is -0.129. The predicted molar refractivity (Wildman–Crippen MR) is 114 cm³/mol. The van der Waals surface area contributed by atoms with Gasteiger partial charge >= 0.3 is 0 Å². The highest BCUT2D eigenvalue weighted by molar-refractivity contribution is 5.84. The smallest absolute Gasteiger partial charge is 0.240 e. The summed E-state index contributed by atoms with van der Waals surface area (Å²) < 4.78 is 8.23. The van der Waals surface area contributed by atoms with E-state index in [9.17, 15) is 10.1 Å². The molecule has 2 aromatic carbocycles. The first kappa shape index (κ1) is 19.3. The van der Waals surface area contributed by atoms with Crippen molar-refractivity contribution in [3.8, 4) is 17.6 Å². The first-order valence-electron chi connectivity index (χ1n) is 10.5. The van der Waals surface area contributed by atoms with E-state index >= 15 is 0 Å². The summed E-state index contributed by atoms with van der Waals surface area (Å²) in [6.45, 7) is 3.90. The molecule has 6 bridgehead atoms. The van der Waals surface area contributed by atoms with Gasteiger partial charge in [-0.05, 0) is 48.7 Å². The van der Waals surface area contributed by atoms with Crippen molar-refractivity contribution in [2.24, 2.45) is 0 Å². The Bertz CT molecular complexity index is 1180. The molecule has 2 aliphatic rings. The molecule has 0 aliphatic carbocycles. The van der Waals surface area contributed by atoms with Crippen LogP contribution >= 0.6 is 0 Å². The molecule has 7 heteroatoms. The molecule has 2 aliphatic heterocycles. The average Bonchev–Trinajstić information content (AvgIpc) is 3.38. The molecule has 156 valence electrons. The molecule has 2 atom stereocenters. The van der Waals surface area contributed by atoms with Crippen LogP contribution in [0.15, 0.2) is 55.0 Å². The van der Waals surface area contributed by atoms with Crippen LogP contribution in [0.3, 0.4) is 0 Å².